The monoisotopic (exact) mass is 424 g/mol. The van der Waals surface area contributed by atoms with Crippen molar-refractivity contribution in [2.24, 2.45) is 0 Å². The number of nitro benzene ring substituents is 1. The number of hydrogen-bond donors (Lipinski definition) is 1. The van der Waals surface area contributed by atoms with Crippen molar-refractivity contribution in [1.29, 1.82) is 0 Å². The van der Waals surface area contributed by atoms with E-state index in [1.165, 1.54) is 6.07 Å². The number of anilines is 1. The predicted molar refractivity (Wildman–Crippen MR) is 119 cm³/mol. The fourth-order valence-corrected chi connectivity index (χ4v) is 3.83. The van der Waals surface area contributed by atoms with Crippen LogP contribution in [-0.2, 0) is 15.0 Å². The number of hydrogen-bond acceptors (Lipinski definition) is 5. The zero-order chi connectivity index (χ0) is 22.6. The molecule has 1 saturated heterocycles. The Morgan fingerprint density at radius 1 is 1.03 bits per heavy atom. The van der Waals surface area contributed by atoms with E-state index in [0.717, 1.165) is 5.56 Å². The van der Waals surface area contributed by atoms with E-state index in [9.17, 15) is 19.7 Å². The number of rotatable bonds is 6. The molecule has 0 unspecified atom stereocenters. The summed E-state index contributed by atoms with van der Waals surface area (Å²) in [6.07, 6.45) is 0. The van der Waals surface area contributed by atoms with Crippen LogP contribution in [-0.4, -0.2) is 59.3 Å². The van der Waals surface area contributed by atoms with E-state index >= 15 is 0 Å². The Labute approximate surface area is 182 Å². The predicted octanol–water partition coefficient (Wildman–Crippen LogP) is 2.96. The van der Waals surface area contributed by atoms with Crippen LogP contribution in [0.15, 0.2) is 48.5 Å². The van der Waals surface area contributed by atoms with Gasteiger partial charge >= 0.3 is 0 Å². The van der Waals surface area contributed by atoms with Crippen molar-refractivity contribution in [1.82, 2.24) is 9.80 Å². The van der Waals surface area contributed by atoms with Crippen LogP contribution < -0.4 is 5.32 Å². The highest BCUT2D eigenvalue weighted by molar-refractivity contribution is 5.93. The molecule has 2 aromatic rings. The molecule has 0 bridgehead atoms. The summed E-state index contributed by atoms with van der Waals surface area (Å²) in [6.45, 7) is 7.96. The van der Waals surface area contributed by atoms with Gasteiger partial charge in [0, 0.05) is 32.2 Å². The van der Waals surface area contributed by atoms with Crippen molar-refractivity contribution in [2.45, 2.75) is 26.2 Å². The Morgan fingerprint density at radius 2 is 1.68 bits per heavy atom. The van der Waals surface area contributed by atoms with Gasteiger partial charge in [-0.15, -0.1) is 0 Å². The quantitative estimate of drug-likeness (QED) is 0.568. The van der Waals surface area contributed by atoms with E-state index in [2.05, 4.69) is 5.32 Å². The summed E-state index contributed by atoms with van der Waals surface area (Å²) >= 11 is 0. The van der Waals surface area contributed by atoms with Crippen LogP contribution in [0.5, 0.6) is 0 Å². The first kappa shape index (κ1) is 22.4. The summed E-state index contributed by atoms with van der Waals surface area (Å²) in [5.74, 6) is -0.150. The number of nitro groups is 1. The summed E-state index contributed by atoms with van der Waals surface area (Å²) in [4.78, 5) is 40.0. The molecular formula is C23H28N4O4. The Morgan fingerprint density at radius 3 is 2.29 bits per heavy atom. The highest BCUT2D eigenvalue weighted by atomic mass is 16.6. The molecular weight excluding hydrogens is 396 g/mol. The lowest BCUT2D eigenvalue weighted by Gasteiger charge is -2.38. The van der Waals surface area contributed by atoms with Crippen molar-refractivity contribution in [3.05, 3.63) is 69.8 Å². The third kappa shape index (κ3) is 5.08. The molecule has 3 rings (SSSR count). The standard InChI is InChI=1S/C23H28N4O4/c1-17-19(10-7-11-20(17)27(30)31)24-21(28)16-25-12-14-26(15-13-25)22(29)23(2,3)18-8-5-4-6-9-18/h4-11H,12-16H2,1-3H3,(H,24,28). The minimum absolute atomic E-state index is 0.0223. The molecule has 8 heteroatoms. The van der Waals surface area contributed by atoms with Gasteiger partial charge in [0.2, 0.25) is 11.8 Å². The number of benzene rings is 2. The molecule has 31 heavy (non-hydrogen) atoms. The van der Waals surface area contributed by atoms with Crippen LogP contribution in [0, 0.1) is 17.0 Å². The van der Waals surface area contributed by atoms with Crippen molar-refractivity contribution < 1.29 is 14.5 Å². The van der Waals surface area contributed by atoms with Gasteiger partial charge in [-0.2, -0.15) is 0 Å². The van der Waals surface area contributed by atoms with Crippen molar-refractivity contribution in [3.8, 4) is 0 Å². The fraction of sp³-hybridized carbons (Fsp3) is 0.391. The first-order valence-electron chi connectivity index (χ1n) is 10.3. The summed E-state index contributed by atoms with van der Waals surface area (Å²) in [5, 5.41) is 13.8. The Bertz CT molecular complexity index is 967. The summed E-state index contributed by atoms with van der Waals surface area (Å²) < 4.78 is 0. The van der Waals surface area contributed by atoms with Crippen LogP contribution in [0.2, 0.25) is 0 Å². The summed E-state index contributed by atoms with van der Waals surface area (Å²) in [6, 6.07) is 14.4. The number of carbonyl (C=O) groups is 2. The first-order chi connectivity index (χ1) is 14.7. The Balaban J connectivity index is 1.55. The van der Waals surface area contributed by atoms with Gasteiger partial charge in [0.05, 0.1) is 28.1 Å². The molecule has 0 radical (unpaired) electrons. The fourth-order valence-electron chi connectivity index (χ4n) is 3.83. The van der Waals surface area contributed by atoms with Crippen LogP contribution >= 0.6 is 0 Å². The summed E-state index contributed by atoms with van der Waals surface area (Å²) in [7, 11) is 0. The lowest BCUT2D eigenvalue weighted by Crippen LogP contribution is -2.54. The van der Waals surface area contributed by atoms with Crippen LogP contribution in [0.1, 0.15) is 25.0 Å². The van der Waals surface area contributed by atoms with Gasteiger partial charge in [-0.3, -0.25) is 24.6 Å². The van der Waals surface area contributed by atoms with Gasteiger partial charge in [0.15, 0.2) is 0 Å². The van der Waals surface area contributed by atoms with Crippen LogP contribution in [0.4, 0.5) is 11.4 Å². The third-order valence-corrected chi connectivity index (χ3v) is 5.83. The molecule has 1 fully saturated rings. The van der Waals surface area contributed by atoms with Gasteiger partial charge in [-0.05, 0) is 32.4 Å². The van der Waals surface area contributed by atoms with E-state index in [-0.39, 0.29) is 24.0 Å². The van der Waals surface area contributed by atoms with Crippen molar-refractivity contribution in [2.75, 3.05) is 38.0 Å². The molecule has 1 heterocycles. The zero-order valence-electron chi connectivity index (χ0n) is 18.1. The smallest absolute Gasteiger partial charge is 0.274 e. The highest BCUT2D eigenvalue weighted by Gasteiger charge is 2.35. The van der Waals surface area contributed by atoms with Gasteiger partial charge in [-0.1, -0.05) is 36.4 Å². The molecule has 8 nitrogen and oxygen atoms in total. The number of piperazine rings is 1. The average molecular weight is 425 g/mol. The molecule has 1 aliphatic rings. The largest absolute Gasteiger partial charge is 0.339 e. The first-order valence-corrected chi connectivity index (χ1v) is 10.3. The SMILES string of the molecule is Cc1c(NC(=O)CN2CCN(C(=O)C(C)(C)c3ccccc3)CC2)cccc1[N+](=O)[O-]. The second-order valence-corrected chi connectivity index (χ2v) is 8.31. The number of carbonyl (C=O) groups excluding carboxylic acids is 2. The van der Waals surface area contributed by atoms with E-state index in [1.54, 1.807) is 19.1 Å². The lowest BCUT2D eigenvalue weighted by molar-refractivity contribution is -0.385. The Kier molecular flexibility index (Phi) is 6.70. The number of amides is 2. The molecule has 2 aromatic carbocycles. The molecule has 0 aromatic heterocycles. The zero-order valence-corrected chi connectivity index (χ0v) is 18.1. The van der Waals surface area contributed by atoms with Crippen LogP contribution in [0.3, 0.4) is 0 Å². The number of nitrogens with zero attached hydrogens (tertiary/aromatic N) is 3. The average Bonchev–Trinajstić information content (AvgIpc) is 2.75. The normalized spacial score (nSPS) is 14.9. The van der Waals surface area contributed by atoms with E-state index in [0.29, 0.717) is 37.4 Å². The van der Waals surface area contributed by atoms with Gasteiger partial charge < -0.3 is 10.2 Å². The van der Waals surface area contributed by atoms with E-state index in [4.69, 9.17) is 0 Å². The molecule has 1 N–H and O–H groups in total. The highest BCUT2D eigenvalue weighted by Crippen LogP contribution is 2.27. The second-order valence-electron chi connectivity index (χ2n) is 8.31. The number of nitrogens with one attached hydrogen (secondary N) is 1. The third-order valence-electron chi connectivity index (χ3n) is 5.83. The molecule has 1 aliphatic heterocycles. The van der Waals surface area contributed by atoms with E-state index in [1.807, 2.05) is 54.0 Å². The molecule has 164 valence electrons. The lowest BCUT2D eigenvalue weighted by atomic mass is 9.83. The summed E-state index contributed by atoms with van der Waals surface area (Å²) in [5.41, 5.74) is 1.22. The van der Waals surface area contributed by atoms with Gasteiger partial charge in [-0.25, -0.2) is 0 Å². The molecule has 0 aliphatic carbocycles. The van der Waals surface area contributed by atoms with E-state index < -0.39 is 10.3 Å². The maximum Gasteiger partial charge on any atom is 0.274 e. The molecule has 0 saturated carbocycles. The minimum atomic E-state index is -0.611. The van der Waals surface area contributed by atoms with Gasteiger partial charge in [0.1, 0.15) is 0 Å². The maximum atomic E-state index is 13.1. The molecule has 0 atom stereocenters. The molecule has 2 amide bonds. The molecule has 0 spiro atoms. The Hall–Kier alpha value is -3.26. The second kappa shape index (κ2) is 9.26. The van der Waals surface area contributed by atoms with Crippen LogP contribution in [0.25, 0.3) is 0 Å². The van der Waals surface area contributed by atoms with Crippen molar-refractivity contribution in [3.63, 3.8) is 0 Å². The van der Waals surface area contributed by atoms with Crippen molar-refractivity contribution >= 4 is 23.2 Å². The topological polar surface area (TPSA) is 95.8 Å². The maximum absolute atomic E-state index is 13.1. The van der Waals surface area contributed by atoms with Gasteiger partial charge in [0.25, 0.3) is 5.69 Å². The minimum Gasteiger partial charge on any atom is -0.339 e.